The molecule has 0 fully saturated rings. The summed E-state index contributed by atoms with van der Waals surface area (Å²) in [6.45, 7) is 0.608. The van der Waals surface area contributed by atoms with E-state index in [0.29, 0.717) is 23.4 Å². The first-order valence-electron chi connectivity index (χ1n) is 11.3. The number of aromatic nitrogens is 2. The minimum atomic E-state index is -0.166. The lowest BCUT2D eigenvalue weighted by Crippen LogP contribution is -2.14. The second-order valence-corrected chi connectivity index (χ2v) is 8.82. The molecule has 5 aromatic rings. The molecule has 36 heavy (non-hydrogen) atoms. The Hall–Kier alpha value is -4.30. The minimum Gasteiger partial charge on any atom is -0.489 e. The van der Waals surface area contributed by atoms with Crippen molar-refractivity contribution in [3.8, 4) is 11.5 Å². The van der Waals surface area contributed by atoms with Crippen molar-refractivity contribution in [2.45, 2.75) is 18.4 Å². The molecular formula is C28H23N3O4S. The lowest BCUT2D eigenvalue weighted by Gasteiger charge is -2.08. The highest BCUT2D eigenvalue weighted by atomic mass is 32.2. The molecule has 0 saturated carbocycles. The van der Waals surface area contributed by atoms with E-state index < -0.39 is 0 Å². The average molecular weight is 498 g/mol. The third-order valence-electron chi connectivity index (χ3n) is 5.24. The molecule has 7 nitrogen and oxygen atoms in total. The summed E-state index contributed by atoms with van der Waals surface area (Å²) in [7, 11) is 0. The van der Waals surface area contributed by atoms with Gasteiger partial charge in [-0.25, -0.2) is 0 Å². The molecule has 8 heteroatoms. The number of carbonyl (C=O) groups excluding carboxylic acids is 1. The number of anilines is 1. The first-order chi connectivity index (χ1) is 17.7. The van der Waals surface area contributed by atoms with Crippen LogP contribution >= 0.6 is 11.8 Å². The van der Waals surface area contributed by atoms with Crippen LogP contribution in [0.25, 0.3) is 10.8 Å². The molecular weight excluding hydrogens is 474 g/mol. The number of ether oxygens (including phenoxy) is 2. The largest absolute Gasteiger partial charge is 0.489 e. The third kappa shape index (κ3) is 6.43. The summed E-state index contributed by atoms with van der Waals surface area (Å²) in [5.74, 6) is 1.86. The van der Waals surface area contributed by atoms with Crippen LogP contribution in [0.2, 0.25) is 0 Å². The number of para-hydroxylation sites is 1. The average Bonchev–Trinajstić information content (AvgIpc) is 3.39. The summed E-state index contributed by atoms with van der Waals surface area (Å²) in [5.41, 5.74) is 1.72. The SMILES string of the molecule is O=C(CSc1nnc(COc2ccc3ccccc3c2)o1)Nc1ccc(COc2ccccc2)cc1. The van der Waals surface area contributed by atoms with E-state index in [1.165, 1.54) is 11.8 Å². The first kappa shape index (κ1) is 23.4. The Labute approximate surface area is 212 Å². The molecule has 4 aromatic carbocycles. The molecule has 0 saturated heterocycles. The van der Waals surface area contributed by atoms with Crippen molar-refractivity contribution >= 4 is 34.1 Å². The number of nitrogens with one attached hydrogen (secondary N) is 1. The molecule has 1 aromatic heterocycles. The number of benzene rings is 4. The second-order valence-electron chi connectivity index (χ2n) is 7.89. The van der Waals surface area contributed by atoms with Gasteiger partial charge in [0.2, 0.25) is 5.91 Å². The molecule has 1 N–H and O–H groups in total. The summed E-state index contributed by atoms with van der Waals surface area (Å²) in [6.07, 6.45) is 0. The van der Waals surface area contributed by atoms with Crippen LogP contribution in [0.3, 0.4) is 0 Å². The normalized spacial score (nSPS) is 10.8. The first-order valence-corrected chi connectivity index (χ1v) is 12.3. The molecule has 0 radical (unpaired) electrons. The fourth-order valence-electron chi connectivity index (χ4n) is 3.45. The Balaban J connectivity index is 1.06. The number of carbonyl (C=O) groups is 1. The highest BCUT2D eigenvalue weighted by Crippen LogP contribution is 2.22. The summed E-state index contributed by atoms with van der Waals surface area (Å²) < 4.78 is 17.1. The van der Waals surface area contributed by atoms with E-state index in [4.69, 9.17) is 13.9 Å². The van der Waals surface area contributed by atoms with Gasteiger partial charge >= 0.3 is 0 Å². The van der Waals surface area contributed by atoms with Gasteiger partial charge in [-0.1, -0.05) is 72.4 Å². The molecule has 0 bridgehead atoms. The maximum absolute atomic E-state index is 12.3. The van der Waals surface area contributed by atoms with Crippen molar-refractivity contribution in [1.29, 1.82) is 0 Å². The highest BCUT2D eigenvalue weighted by Gasteiger charge is 2.11. The predicted molar refractivity (Wildman–Crippen MR) is 139 cm³/mol. The van der Waals surface area contributed by atoms with Crippen molar-refractivity contribution in [1.82, 2.24) is 10.2 Å². The van der Waals surface area contributed by atoms with Crippen molar-refractivity contribution in [3.05, 3.63) is 109 Å². The van der Waals surface area contributed by atoms with Gasteiger partial charge in [0.15, 0.2) is 6.61 Å². The topological polar surface area (TPSA) is 86.5 Å². The summed E-state index contributed by atoms with van der Waals surface area (Å²) in [4.78, 5) is 12.3. The zero-order valence-corrected chi connectivity index (χ0v) is 20.1. The Kier molecular flexibility index (Phi) is 7.44. The quantitative estimate of drug-likeness (QED) is 0.233. The maximum Gasteiger partial charge on any atom is 0.277 e. The van der Waals surface area contributed by atoms with Crippen LogP contribution in [0.15, 0.2) is 107 Å². The molecule has 5 rings (SSSR count). The van der Waals surface area contributed by atoms with E-state index in [-0.39, 0.29) is 18.3 Å². The number of rotatable bonds is 10. The molecule has 180 valence electrons. The third-order valence-corrected chi connectivity index (χ3v) is 6.06. The van der Waals surface area contributed by atoms with Crippen molar-refractivity contribution < 1.29 is 18.7 Å². The number of hydrogen-bond donors (Lipinski definition) is 1. The van der Waals surface area contributed by atoms with Gasteiger partial charge in [-0.15, -0.1) is 10.2 Å². The summed E-state index contributed by atoms with van der Waals surface area (Å²) >= 11 is 1.17. The van der Waals surface area contributed by atoms with Gasteiger partial charge in [-0.2, -0.15) is 0 Å². The Morgan fingerprint density at radius 1 is 0.778 bits per heavy atom. The van der Waals surface area contributed by atoms with E-state index in [0.717, 1.165) is 27.8 Å². The van der Waals surface area contributed by atoms with Gasteiger partial charge < -0.3 is 19.2 Å². The van der Waals surface area contributed by atoms with Crippen LogP contribution in [0.4, 0.5) is 5.69 Å². The van der Waals surface area contributed by atoms with Gasteiger partial charge in [0.1, 0.15) is 18.1 Å². The zero-order valence-electron chi connectivity index (χ0n) is 19.3. The molecule has 0 atom stereocenters. The van der Waals surface area contributed by atoms with Crippen LogP contribution in [0.5, 0.6) is 11.5 Å². The van der Waals surface area contributed by atoms with Gasteiger partial charge in [0.05, 0.1) is 5.75 Å². The van der Waals surface area contributed by atoms with Gasteiger partial charge in [-0.05, 0) is 52.7 Å². The predicted octanol–water partition coefficient (Wildman–Crippen LogP) is 6.11. The van der Waals surface area contributed by atoms with E-state index in [1.54, 1.807) is 0 Å². The van der Waals surface area contributed by atoms with E-state index in [2.05, 4.69) is 15.5 Å². The monoisotopic (exact) mass is 497 g/mol. The number of thioether (sulfide) groups is 1. The fourth-order valence-corrected chi connectivity index (χ4v) is 4.03. The van der Waals surface area contributed by atoms with Crippen LogP contribution in [0, 0.1) is 0 Å². The fraction of sp³-hybridized carbons (Fsp3) is 0.107. The molecule has 0 aliphatic heterocycles. The summed E-state index contributed by atoms with van der Waals surface area (Å²) in [6, 6.07) is 31.1. The standard InChI is InChI=1S/C28H23N3O4S/c32-26(29-23-13-10-20(11-14-23)17-33-24-8-2-1-3-9-24)19-36-28-31-30-27(35-28)18-34-25-15-12-21-6-4-5-7-22(21)16-25/h1-16H,17-19H2,(H,29,32). The zero-order chi connectivity index (χ0) is 24.6. The van der Waals surface area contributed by atoms with E-state index >= 15 is 0 Å². The Morgan fingerprint density at radius 2 is 1.53 bits per heavy atom. The highest BCUT2D eigenvalue weighted by molar-refractivity contribution is 7.99. The van der Waals surface area contributed by atoms with Crippen LogP contribution in [-0.4, -0.2) is 21.9 Å². The second kappa shape index (κ2) is 11.4. The van der Waals surface area contributed by atoms with Gasteiger partial charge in [0.25, 0.3) is 11.1 Å². The lowest BCUT2D eigenvalue weighted by molar-refractivity contribution is -0.113. The molecule has 1 heterocycles. The maximum atomic E-state index is 12.3. The van der Waals surface area contributed by atoms with Gasteiger partial charge in [0, 0.05) is 5.69 Å². The molecule has 0 unspecified atom stereocenters. The number of nitrogens with zero attached hydrogens (tertiary/aromatic N) is 2. The Morgan fingerprint density at radius 3 is 2.36 bits per heavy atom. The minimum absolute atomic E-state index is 0.145. The molecule has 0 aliphatic carbocycles. The van der Waals surface area contributed by atoms with Gasteiger partial charge in [-0.3, -0.25) is 4.79 Å². The molecule has 0 aliphatic rings. The van der Waals surface area contributed by atoms with Crippen LogP contribution in [-0.2, 0) is 18.0 Å². The van der Waals surface area contributed by atoms with E-state index in [9.17, 15) is 4.79 Å². The van der Waals surface area contributed by atoms with Crippen LogP contribution in [0.1, 0.15) is 11.5 Å². The van der Waals surface area contributed by atoms with Crippen molar-refractivity contribution in [3.63, 3.8) is 0 Å². The molecule has 0 spiro atoms. The van der Waals surface area contributed by atoms with E-state index in [1.807, 2.05) is 97.1 Å². The lowest BCUT2D eigenvalue weighted by atomic mass is 10.1. The number of fused-ring (bicyclic) bond motifs is 1. The van der Waals surface area contributed by atoms with Crippen molar-refractivity contribution in [2.24, 2.45) is 0 Å². The number of hydrogen-bond acceptors (Lipinski definition) is 7. The van der Waals surface area contributed by atoms with Crippen LogP contribution < -0.4 is 14.8 Å². The van der Waals surface area contributed by atoms with Crippen molar-refractivity contribution in [2.75, 3.05) is 11.1 Å². The smallest absolute Gasteiger partial charge is 0.277 e. The summed E-state index contributed by atoms with van der Waals surface area (Å²) in [5, 5.41) is 13.4. The Bertz CT molecular complexity index is 1440. The number of amides is 1. The molecule has 1 amide bonds.